The van der Waals surface area contributed by atoms with Gasteiger partial charge in [0.1, 0.15) is 11.5 Å². The SMILES string of the molecule is CCCN(Cc1cc(C(C)(C)C)cc(C(C)(C)C)c1O)Cc1cc(C(C)(C)C)cc(C(C)(C)C)c1O. The highest BCUT2D eigenvalue weighted by molar-refractivity contribution is 5.50. The Morgan fingerprint density at radius 2 is 0.889 bits per heavy atom. The van der Waals surface area contributed by atoms with E-state index in [0.29, 0.717) is 24.6 Å². The lowest BCUT2D eigenvalue weighted by Crippen LogP contribution is -2.26. The molecule has 0 aliphatic rings. The number of phenolic OH excluding ortho intramolecular Hbond substituents is 2. The van der Waals surface area contributed by atoms with Crippen LogP contribution in [0.3, 0.4) is 0 Å². The van der Waals surface area contributed by atoms with Crippen LogP contribution in [0.5, 0.6) is 11.5 Å². The van der Waals surface area contributed by atoms with Gasteiger partial charge in [-0.2, -0.15) is 0 Å². The summed E-state index contributed by atoms with van der Waals surface area (Å²) in [6, 6.07) is 8.72. The van der Waals surface area contributed by atoms with Gasteiger partial charge >= 0.3 is 0 Å². The Balaban J connectivity index is 2.61. The molecule has 36 heavy (non-hydrogen) atoms. The lowest BCUT2D eigenvalue weighted by Gasteiger charge is -2.31. The summed E-state index contributed by atoms with van der Waals surface area (Å²) in [4.78, 5) is 2.36. The average molecular weight is 496 g/mol. The Kier molecular flexibility index (Phi) is 8.73. The van der Waals surface area contributed by atoms with Gasteiger partial charge < -0.3 is 10.2 Å². The van der Waals surface area contributed by atoms with Crippen molar-refractivity contribution in [3.05, 3.63) is 57.6 Å². The first kappa shape index (κ1) is 30.2. The maximum atomic E-state index is 11.4. The molecule has 0 radical (unpaired) electrons. The second kappa shape index (κ2) is 10.4. The fraction of sp³-hybridized carbons (Fsp3) is 0.636. The molecule has 0 saturated heterocycles. The molecule has 0 aliphatic heterocycles. The monoisotopic (exact) mass is 495 g/mol. The molecule has 0 unspecified atom stereocenters. The Hall–Kier alpha value is -2.00. The third-order valence-electron chi connectivity index (χ3n) is 7.05. The van der Waals surface area contributed by atoms with Gasteiger partial charge in [-0.25, -0.2) is 0 Å². The summed E-state index contributed by atoms with van der Waals surface area (Å²) in [5.74, 6) is 0.805. The minimum atomic E-state index is -0.156. The van der Waals surface area contributed by atoms with Crippen LogP contribution in [-0.2, 0) is 34.7 Å². The van der Waals surface area contributed by atoms with Crippen LogP contribution in [-0.4, -0.2) is 21.7 Å². The molecule has 0 atom stereocenters. The van der Waals surface area contributed by atoms with Crippen molar-refractivity contribution in [3.63, 3.8) is 0 Å². The van der Waals surface area contributed by atoms with Crippen LogP contribution < -0.4 is 0 Å². The Morgan fingerprint density at radius 1 is 0.556 bits per heavy atom. The van der Waals surface area contributed by atoms with Gasteiger partial charge in [-0.15, -0.1) is 0 Å². The molecular formula is C33H53NO2. The predicted octanol–water partition coefficient (Wildman–Crippen LogP) is 8.70. The van der Waals surface area contributed by atoms with Gasteiger partial charge in [0.05, 0.1) is 0 Å². The number of aromatic hydroxyl groups is 2. The highest BCUT2D eigenvalue weighted by Gasteiger charge is 2.28. The number of rotatable bonds is 6. The van der Waals surface area contributed by atoms with E-state index in [1.54, 1.807) is 0 Å². The van der Waals surface area contributed by atoms with Crippen molar-refractivity contribution >= 4 is 0 Å². The van der Waals surface area contributed by atoms with Crippen LogP contribution in [0.1, 0.15) is 130 Å². The highest BCUT2D eigenvalue weighted by atomic mass is 16.3. The number of hydrogen-bond acceptors (Lipinski definition) is 3. The zero-order valence-electron chi connectivity index (χ0n) is 25.5. The first-order valence-electron chi connectivity index (χ1n) is 13.6. The minimum absolute atomic E-state index is 0.0149. The lowest BCUT2D eigenvalue weighted by molar-refractivity contribution is 0.249. The van der Waals surface area contributed by atoms with Gasteiger partial charge in [-0.05, 0) is 56.9 Å². The van der Waals surface area contributed by atoms with Crippen LogP contribution >= 0.6 is 0 Å². The summed E-state index contributed by atoms with van der Waals surface area (Å²) in [7, 11) is 0. The van der Waals surface area contributed by atoms with Crippen molar-refractivity contribution in [2.75, 3.05) is 6.54 Å². The molecule has 0 saturated carbocycles. The van der Waals surface area contributed by atoms with E-state index in [0.717, 1.165) is 35.2 Å². The summed E-state index contributed by atoms with van der Waals surface area (Å²) in [6.45, 7) is 30.6. The number of hydrogen-bond donors (Lipinski definition) is 2. The van der Waals surface area contributed by atoms with E-state index < -0.39 is 0 Å². The van der Waals surface area contributed by atoms with Crippen LogP contribution in [0, 0.1) is 0 Å². The highest BCUT2D eigenvalue weighted by Crippen LogP contribution is 2.40. The van der Waals surface area contributed by atoms with Gasteiger partial charge in [-0.1, -0.05) is 114 Å². The molecule has 0 spiro atoms. The Bertz CT molecular complexity index is 970. The average Bonchev–Trinajstić information content (AvgIpc) is 2.67. The summed E-state index contributed by atoms with van der Waals surface area (Å²) < 4.78 is 0. The largest absolute Gasteiger partial charge is 0.507 e. The molecule has 0 bridgehead atoms. The topological polar surface area (TPSA) is 43.7 Å². The minimum Gasteiger partial charge on any atom is -0.507 e. The summed E-state index contributed by atoms with van der Waals surface area (Å²) >= 11 is 0. The number of benzene rings is 2. The second-order valence-electron chi connectivity index (χ2n) is 14.8. The molecule has 0 aliphatic carbocycles. The molecule has 0 aromatic heterocycles. The molecule has 202 valence electrons. The third kappa shape index (κ3) is 7.28. The molecule has 0 fully saturated rings. The van der Waals surface area contributed by atoms with Crippen molar-refractivity contribution in [1.82, 2.24) is 4.90 Å². The molecule has 2 N–H and O–H groups in total. The van der Waals surface area contributed by atoms with Gasteiger partial charge in [0, 0.05) is 24.2 Å². The number of phenols is 2. The van der Waals surface area contributed by atoms with Crippen molar-refractivity contribution < 1.29 is 10.2 Å². The molecule has 0 heterocycles. The van der Waals surface area contributed by atoms with Crippen LogP contribution in [0.15, 0.2) is 24.3 Å². The van der Waals surface area contributed by atoms with Gasteiger partial charge in [0.15, 0.2) is 0 Å². The van der Waals surface area contributed by atoms with E-state index in [4.69, 9.17) is 0 Å². The van der Waals surface area contributed by atoms with E-state index >= 15 is 0 Å². The zero-order valence-corrected chi connectivity index (χ0v) is 25.5. The second-order valence-corrected chi connectivity index (χ2v) is 14.8. The summed E-state index contributed by atoms with van der Waals surface area (Å²) in [6.07, 6.45) is 0.998. The van der Waals surface area contributed by atoms with Crippen LogP contribution in [0.2, 0.25) is 0 Å². The van der Waals surface area contributed by atoms with E-state index in [1.165, 1.54) is 11.1 Å². The molecule has 2 aromatic rings. The summed E-state index contributed by atoms with van der Waals surface area (Å²) in [5.41, 5.74) is 6.05. The van der Waals surface area contributed by atoms with Crippen molar-refractivity contribution in [1.29, 1.82) is 0 Å². The number of nitrogens with zero attached hydrogens (tertiary/aromatic N) is 1. The maximum absolute atomic E-state index is 11.4. The molecule has 3 heteroatoms. The first-order valence-corrected chi connectivity index (χ1v) is 13.6. The van der Waals surface area contributed by atoms with E-state index in [9.17, 15) is 10.2 Å². The predicted molar refractivity (Wildman–Crippen MR) is 155 cm³/mol. The van der Waals surface area contributed by atoms with E-state index in [1.807, 2.05) is 0 Å². The quantitative estimate of drug-likeness (QED) is 0.421. The molecule has 2 aromatic carbocycles. The molecular weight excluding hydrogens is 442 g/mol. The Morgan fingerprint density at radius 3 is 1.14 bits per heavy atom. The van der Waals surface area contributed by atoms with E-state index in [2.05, 4.69) is 119 Å². The molecule has 3 nitrogen and oxygen atoms in total. The Labute approximate surface area is 222 Å². The van der Waals surface area contributed by atoms with Gasteiger partial charge in [0.2, 0.25) is 0 Å². The van der Waals surface area contributed by atoms with E-state index in [-0.39, 0.29) is 21.7 Å². The van der Waals surface area contributed by atoms with Gasteiger partial charge in [-0.3, -0.25) is 4.90 Å². The van der Waals surface area contributed by atoms with Gasteiger partial charge in [0.25, 0.3) is 0 Å². The third-order valence-corrected chi connectivity index (χ3v) is 7.05. The smallest absolute Gasteiger partial charge is 0.123 e. The summed E-state index contributed by atoms with van der Waals surface area (Å²) in [5, 5.41) is 22.8. The standard InChI is InChI=1S/C33H53NO2/c1-14-15-34(20-22-16-24(30(2,3)4)18-26(28(22)35)32(8,9)10)21-23-17-25(31(5,6)7)19-27(29(23)36)33(11,12)13/h16-19,35-36H,14-15,20-21H2,1-13H3. The molecule has 0 amide bonds. The maximum Gasteiger partial charge on any atom is 0.123 e. The fourth-order valence-electron chi connectivity index (χ4n) is 4.65. The van der Waals surface area contributed by atoms with Crippen LogP contribution in [0.25, 0.3) is 0 Å². The van der Waals surface area contributed by atoms with Crippen molar-refractivity contribution in [2.24, 2.45) is 0 Å². The first-order chi connectivity index (χ1) is 16.2. The normalized spacial score (nSPS) is 13.5. The molecule has 2 rings (SSSR count). The zero-order chi connectivity index (χ0) is 27.9. The fourth-order valence-corrected chi connectivity index (χ4v) is 4.65. The van der Waals surface area contributed by atoms with Crippen molar-refractivity contribution in [2.45, 2.75) is 131 Å². The van der Waals surface area contributed by atoms with Crippen LogP contribution in [0.4, 0.5) is 0 Å². The lowest BCUT2D eigenvalue weighted by atomic mass is 9.78. The van der Waals surface area contributed by atoms with Crippen molar-refractivity contribution in [3.8, 4) is 11.5 Å².